The molecule has 0 aliphatic rings. The quantitative estimate of drug-likeness (QED) is 0.829. The predicted molar refractivity (Wildman–Crippen MR) is 100 cm³/mol. The van der Waals surface area contributed by atoms with E-state index in [4.69, 9.17) is 9.47 Å². The number of carbonyl (C=O) groups is 1. The lowest BCUT2D eigenvalue weighted by Crippen LogP contribution is -2.43. The van der Waals surface area contributed by atoms with Crippen LogP contribution in [0.1, 0.15) is 30.5 Å². The summed E-state index contributed by atoms with van der Waals surface area (Å²) in [5, 5.41) is 2.93. The third kappa shape index (κ3) is 5.52. The van der Waals surface area contributed by atoms with E-state index in [2.05, 4.69) is 5.32 Å². The van der Waals surface area contributed by atoms with E-state index < -0.39 is 6.10 Å². The third-order valence-electron chi connectivity index (χ3n) is 4.13. The predicted octanol–water partition coefficient (Wildman–Crippen LogP) is 3.96. The minimum atomic E-state index is -0.567. The maximum Gasteiger partial charge on any atom is 0.261 e. The minimum Gasteiger partial charge on any atom is -0.491 e. The van der Waals surface area contributed by atoms with Gasteiger partial charge in [-0.3, -0.25) is 4.79 Å². The Morgan fingerprint density at radius 3 is 2.40 bits per heavy atom. The lowest BCUT2D eigenvalue weighted by atomic mass is 10.1. The van der Waals surface area contributed by atoms with Gasteiger partial charge in [-0.2, -0.15) is 0 Å². The highest BCUT2D eigenvalue weighted by Crippen LogP contribution is 2.18. The maximum absolute atomic E-state index is 12.3. The number of nitrogens with one attached hydrogen (secondary N) is 1. The highest BCUT2D eigenvalue weighted by Gasteiger charge is 2.17. The lowest BCUT2D eigenvalue weighted by Gasteiger charge is -2.20. The van der Waals surface area contributed by atoms with Gasteiger partial charge < -0.3 is 14.8 Å². The van der Waals surface area contributed by atoms with Crippen LogP contribution in [0.5, 0.6) is 11.5 Å². The fourth-order valence-electron chi connectivity index (χ4n) is 2.38. The summed E-state index contributed by atoms with van der Waals surface area (Å²) in [4.78, 5) is 12.3. The van der Waals surface area contributed by atoms with Crippen LogP contribution in [-0.4, -0.2) is 24.7 Å². The first kappa shape index (κ1) is 18.8. The highest BCUT2D eigenvalue weighted by molar-refractivity contribution is 5.81. The summed E-state index contributed by atoms with van der Waals surface area (Å²) in [6.45, 7) is 10.1. The summed E-state index contributed by atoms with van der Waals surface area (Å²) < 4.78 is 11.5. The van der Waals surface area contributed by atoms with Crippen molar-refractivity contribution in [3.05, 3.63) is 59.2 Å². The van der Waals surface area contributed by atoms with Gasteiger partial charge in [-0.25, -0.2) is 0 Å². The zero-order valence-corrected chi connectivity index (χ0v) is 15.6. The molecule has 0 bridgehead atoms. The molecular weight excluding hydrogens is 314 g/mol. The summed E-state index contributed by atoms with van der Waals surface area (Å²) in [5.41, 5.74) is 3.42. The molecule has 0 heterocycles. The van der Waals surface area contributed by atoms with Crippen LogP contribution in [0.25, 0.3) is 0 Å². The normalized spacial score (nSPS) is 13.0. The molecule has 1 amide bonds. The van der Waals surface area contributed by atoms with Crippen LogP contribution in [0.4, 0.5) is 0 Å². The third-order valence-corrected chi connectivity index (χ3v) is 4.13. The Hall–Kier alpha value is -2.49. The number of benzene rings is 2. The van der Waals surface area contributed by atoms with E-state index in [1.807, 2.05) is 70.2 Å². The first-order chi connectivity index (χ1) is 11.9. The summed E-state index contributed by atoms with van der Waals surface area (Å²) in [6, 6.07) is 13.5. The largest absolute Gasteiger partial charge is 0.491 e. The molecule has 2 aromatic carbocycles. The summed E-state index contributed by atoms with van der Waals surface area (Å²) >= 11 is 0. The summed E-state index contributed by atoms with van der Waals surface area (Å²) in [7, 11) is 0. The van der Waals surface area contributed by atoms with E-state index in [1.165, 1.54) is 5.56 Å². The van der Waals surface area contributed by atoms with E-state index >= 15 is 0 Å². The molecule has 0 spiro atoms. The monoisotopic (exact) mass is 341 g/mol. The zero-order valence-electron chi connectivity index (χ0n) is 15.6. The molecule has 2 aromatic rings. The Labute approximate surface area is 150 Å². The topological polar surface area (TPSA) is 47.6 Å². The summed E-state index contributed by atoms with van der Waals surface area (Å²) in [6.07, 6.45) is -0.567. The number of aryl methyl sites for hydroxylation is 3. The van der Waals surface area contributed by atoms with Crippen LogP contribution in [-0.2, 0) is 4.79 Å². The van der Waals surface area contributed by atoms with Crippen molar-refractivity contribution < 1.29 is 14.3 Å². The second kappa shape index (κ2) is 8.56. The van der Waals surface area contributed by atoms with Gasteiger partial charge in [-0.15, -0.1) is 0 Å². The molecule has 25 heavy (non-hydrogen) atoms. The van der Waals surface area contributed by atoms with Gasteiger partial charge in [0.25, 0.3) is 5.91 Å². The van der Waals surface area contributed by atoms with Crippen molar-refractivity contribution in [2.45, 2.75) is 46.8 Å². The van der Waals surface area contributed by atoms with Crippen molar-refractivity contribution in [3.63, 3.8) is 0 Å². The van der Waals surface area contributed by atoms with Crippen molar-refractivity contribution in [2.75, 3.05) is 6.61 Å². The Balaban J connectivity index is 1.83. The minimum absolute atomic E-state index is 0.113. The van der Waals surface area contributed by atoms with E-state index in [-0.39, 0.29) is 11.9 Å². The van der Waals surface area contributed by atoms with E-state index in [9.17, 15) is 4.79 Å². The molecule has 2 unspecified atom stereocenters. The summed E-state index contributed by atoms with van der Waals surface area (Å²) in [5.74, 6) is 1.39. The van der Waals surface area contributed by atoms with Gasteiger partial charge in [0, 0.05) is 0 Å². The average Bonchev–Trinajstić information content (AvgIpc) is 2.57. The molecule has 0 aliphatic carbocycles. The average molecular weight is 341 g/mol. The van der Waals surface area contributed by atoms with Crippen molar-refractivity contribution in [1.29, 1.82) is 0 Å². The van der Waals surface area contributed by atoms with Gasteiger partial charge in [0.1, 0.15) is 18.1 Å². The Kier molecular flexibility index (Phi) is 6.45. The second-order valence-electron chi connectivity index (χ2n) is 6.49. The van der Waals surface area contributed by atoms with Crippen LogP contribution in [0.2, 0.25) is 0 Å². The number of amides is 1. The molecule has 0 aromatic heterocycles. The highest BCUT2D eigenvalue weighted by atomic mass is 16.5. The molecule has 0 fully saturated rings. The number of rotatable bonds is 7. The molecule has 2 atom stereocenters. The Bertz CT molecular complexity index is 727. The van der Waals surface area contributed by atoms with Gasteiger partial charge >= 0.3 is 0 Å². The molecule has 1 N–H and O–H groups in total. The van der Waals surface area contributed by atoms with E-state index in [0.29, 0.717) is 12.4 Å². The molecule has 4 heteroatoms. The molecule has 0 aliphatic heterocycles. The standard InChI is InChI=1S/C21H27NO3/c1-14-10-11-19(12-16(14)3)25-18(5)21(23)22-17(4)13-24-20-9-7-6-8-15(20)2/h6-12,17-18H,13H2,1-5H3,(H,22,23). The van der Waals surface area contributed by atoms with Gasteiger partial charge in [0.05, 0.1) is 6.04 Å². The number of para-hydroxylation sites is 1. The zero-order chi connectivity index (χ0) is 18.4. The maximum atomic E-state index is 12.3. The molecule has 134 valence electrons. The first-order valence-electron chi connectivity index (χ1n) is 8.59. The van der Waals surface area contributed by atoms with Gasteiger partial charge in [0.2, 0.25) is 0 Å². The molecule has 4 nitrogen and oxygen atoms in total. The van der Waals surface area contributed by atoms with Crippen LogP contribution < -0.4 is 14.8 Å². The molecule has 0 radical (unpaired) electrons. The van der Waals surface area contributed by atoms with Crippen molar-refractivity contribution >= 4 is 5.91 Å². The van der Waals surface area contributed by atoms with Crippen LogP contribution >= 0.6 is 0 Å². The van der Waals surface area contributed by atoms with Gasteiger partial charge in [-0.1, -0.05) is 24.3 Å². The lowest BCUT2D eigenvalue weighted by molar-refractivity contribution is -0.128. The second-order valence-corrected chi connectivity index (χ2v) is 6.49. The van der Waals surface area contributed by atoms with Crippen molar-refractivity contribution in [3.8, 4) is 11.5 Å². The number of carbonyl (C=O) groups excluding carboxylic acids is 1. The van der Waals surface area contributed by atoms with Crippen molar-refractivity contribution in [2.24, 2.45) is 0 Å². The van der Waals surface area contributed by atoms with Crippen LogP contribution in [0.15, 0.2) is 42.5 Å². The van der Waals surface area contributed by atoms with Gasteiger partial charge in [0.15, 0.2) is 6.10 Å². The smallest absolute Gasteiger partial charge is 0.261 e. The van der Waals surface area contributed by atoms with Crippen molar-refractivity contribution in [1.82, 2.24) is 5.32 Å². The number of hydrogen-bond donors (Lipinski definition) is 1. The number of hydrogen-bond acceptors (Lipinski definition) is 3. The Morgan fingerprint density at radius 1 is 1.00 bits per heavy atom. The van der Waals surface area contributed by atoms with E-state index in [1.54, 1.807) is 6.92 Å². The SMILES string of the molecule is Cc1ccc(OC(C)C(=O)NC(C)COc2ccccc2C)cc1C. The molecular formula is C21H27NO3. The molecule has 0 saturated carbocycles. The van der Waals surface area contributed by atoms with Gasteiger partial charge in [-0.05, 0) is 69.5 Å². The fraction of sp³-hybridized carbons (Fsp3) is 0.381. The van der Waals surface area contributed by atoms with Crippen LogP contribution in [0.3, 0.4) is 0 Å². The first-order valence-corrected chi connectivity index (χ1v) is 8.59. The van der Waals surface area contributed by atoms with E-state index in [0.717, 1.165) is 16.9 Å². The van der Waals surface area contributed by atoms with Crippen LogP contribution in [0, 0.1) is 20.8 Å². The molecule has 0 saturated heterocycles. The fourth-order valence-corrected chi connectivity index (χ4v) is 2.38. The Morgan fingerprint density at radius 2 is 1.72 bits per heavy atom. The molecule has 2 rings (SSSR count). The number of ether oxygens (including phenoxy) is 2.